The van der Waals surface area contributed by atoms with E-state index in [1.165, 1.54) is 18.2 Å². The molecule has 0 heterocycles. The molecule has 2 aromatic carbocycles. The van der Waals surface area contributed by atoms with Crippen LogP contribution in [-0.4, -0.2) is 22.0 Å². The van der Waals surface area contributed by atoms with Crippen molar-refractivity contribution in [2.75, 3.05) is 0 Å². The molecule has 0 amide bonds. The molecule has 2 N–H and O–H groups in total. The predicted molar refractivity (Wildman–Crippen MR) is 74.9 cm³/mol. The van der Waals surface area contributed by atoms with E-state index in [0.29, 0.717) is 0 Å². The summed E-state index contributed by atoms with van der Waals surface area (Å²) in [5.74, 6) is -1.83. The molecular weight excluding hydrogens is 256 g/mol. The van der Waals surface area contributed by atoms with Crippen molar-refractivity contribution in [2.45, 2.75) is 0 Å². The van der Waals surface area contributed by atoms with E-state index in [-0.39, 0.29) is 16.9 Å². The number of phenols is 1. The molecule has 0 unspecified atom stereocenters. The zero-order chi connectivity index (χ0) is 14.5. The summed E-state index contributed by atoms with van der Waals surface area (Å²) in [6, 6.07) is 12.8. The van der Waals surface area contributed by atoms with Gasteiger partial charge >= 0.3 is 5.97 Å². The van der Waals surface area contributed by atoms with Gasteiger partial charge in [-0.2, -0.15) is 0 Å². The van der Waals surface area contributed by atoms with Crippen molar-refractivity contribution in [1.29, 1.82) is 0 Å². The van der Waals surface area contributed by atoms with E-state index in [1.807, 2.05) is 30.3 Å². The van der Waals surface area contributed by atoms with E-state index in [9.17, 15) is 14.7 Å². The molecular formula is C16H12O4. The summed E-state index contributed by atoms with van der Waals surface area (Å²) < 4.78 is 0. The lowest BCUT2D eigenvalue weighted by Gasteiger charge is -2.02. The summed E-state index contributed by atoms with van der Waals surface area (Å²) in [5.41, 5.74) is 0.770. The Bertz CT molecular complexity index is 672. The van der Waals surface area contributed by atoms with Crippen LogP contribution in [0.25, 0.3) is 6.08 Å². The fourth-order valence-corrected chi connectivity index (χ4v) is 1.69. The number of benzene rings is 2. The third-order valence-electron chi connectivity index (χ3n) is 2.74. The minimum atomic E-state index is -1.15. The summed E-state index contributed by atoms with van der Waals surface area (Å²) in [6.07, 6.45) is 2.91. The highest BCUT2D eigenvalue weighted by Crippen LogP contribution is 2.20. The minimum absolute atomic E-state index is 0.0305. The number of aromatic hydroxyl groups is 1. The number of phenolic OH excluding ortho intramolecular Hbond substituents is 1. The highest BCUT2D eigenvalue weighted by Gasteiger charge is 2.12. The first-order valence-corrected chi connectivity index (χ1v) is 5.91. The van der Waals surface area contributed by atoms with Crippen LogP contribution in [0.3, 0.4) is 0 Å². The number of ketones is 1. The molecule has 4 nitrogen and oxygen atoms in total. The van der Waals surface area contributed by atoms with Gasteiger partial charge in [0.05, 0.1) is 11.1 Å². The third kappa shape index (κ3) is 3.11. The van der Waals surface area contributed by atoms with Gasteiger partial charge in [-0.1, -0.05) is 36.4 Å². The number of aromatic carboxylic acids is 1. The summed E-state index contributed by atoms with van der Waals surface area (Å²) in [4.78, 5) is 22.8. The third-order valence-corrected chi connectivity index (χ3v) is 2.74. The number of rotatable bonds is 4. The predicted octanol–water partition coefficient (Wildman–Crippen LogP) is 2.99. The molecule has 0 aliphatic carbocycles. The fraction of sp³-hybridized carbons (Fsp3) is 0. The van der Waals surface area contributed by atoms with E-state index in [0.717, 1.165) is 11.6 Å². The monoisotopic (exact) mass is 268 g/mol. The van der Waals surface area contributed by atoms with Crippen molar-refractivity contribution >= 4 is 17.8 Å². The molecule has 0 radical (unpaired) electrons. The molecule has 0 bridgehead atoms. The number of hydrogen-bond acceptors (Lipinski definition) is 3. The van der Waals surface area contributed by atoms with Gasteiger partial charge < -0.3 is 10.2 Å². The number of allylic oxidation sites excluding steroid dienone is 1. The maximum absolute atomic E-state index is 12.0. The Morgan fingerprint density at radius 1 is 1.00 bits per heavy atom. The topological polar surface area (TPSA) is 74.6 Å². The molecule has 2 aromatic rings. The van der Waals surface area contributed by atoms with Crippen LogP contribution in [0.4, 0.5) is 0 Å². The Kier molecular flexibility index (Phi) is 3.96. The normalized spacial score (nSPS) is 10.6. The standard InChI is InChI=1S/C16H12O4/c17-14(8-6-11-4-2-1-3-5-11)13-10-12(16(19)20)7-9-15(13)18/h1-10,18H,(H,19,20). The molecule has 0 aliphatic rings. The van der Waals surface area contributed by atoms with Gasteiger partial charge in [0.15, 0.2) is 5.78 Å². The van der Waals surface area contributed by atoms with Gasteiger partial charge in [-0.05, 0) is 29.8 Å². The van der Waals surface area contributed by atoms with Gasteiger partial charge in [0.25, 0.3) is 0 Å². The minimum Gasteiger partial charge on any atom is -0.507 e. The number of carboxylic acid groups (broad SMARTS) is 1. The van der Waals surface area contributed by atoms with Crippen LogP contribution >= 0.6 is 0 Å². The first kappa shape index (κ1) is 13.5. The largest absolute Gasteiger partial charge is 0.507 e. The molecule has 0 saturated carbocycles. The van der Waals surface area contributed by atoms with Crippen LogP contribution in [0.2, 0.25) is 0 Å². The van der Waals surface area contributed by atoms with Crippen molar-refractivity contribution in [3.05, 3.63) is 71.3 Å². The van der Waals surface area contributed by atoms with Crippen molar-refractivity contribution in [2.24, 2.45) is 0 Å². The number of carbonyl (C=O) groups excluding carboxylic acids is 1. The molecule has 0 aromatic heterocycles. The summed E-state index contributed by atoms with van der Waals surface area (Å²) in [7, 11) is 0. The Morgan fingerprint density at radius 2 is 1.70 bits per heavy atom. The van der Waals surface area contributed by atoms with E-state index in [4.69, 9.17) is 5.11 Å². The average molecular weight is 268 g/mol. The molecule has 100 valence electrons. The first-order valence-electron chi connectivity index (χ1n) is 5.91. The second kappa shape index (κ2) is 5.84. The van der Waals surface area contributed by atoms with Crippen molar-refractivity contribution in [1.82, 2.24) is 0 Å². The van der Waals surface area contributed by atoms with E-state index in [1.54, 1.807) is 6.08 Å². The zero-order valence-corrected chi connectivity index (χ0v) is 10.5. The van der Waals surface area contributed by atoms with E-state index >= 15 is 0 Å². The molecule has 0 saturated heterocycles. The van der Waals surface area contributed by atoms with Gasteiger partial charge in [-0.25, -0.2) is 4.79 Å². The lowest BCUT2D eigenvalue weighted by atomic mass is 10.0. The molecule has 2 rings (SSSR count). The van der Waals surface area contributed by atoms with Gasteiger partial charge in [-0.3, -0.25) is 4.79 Å². The van der Waals surface area contributed by atoms with Crippen LogP contribution in [0, 0.1) is 0 Å². The lowest BCUT2D eigenvalue weighted by molar-refractivity contribution is 0.0697. The van der Waals surface area contributed by atoms with Crippen molar-refractivity contribution in [3.8, 4) is 5.75 Å². The smallest absolute Gasteiger partial charge is 0.335 e. The number of carboxylic acids is 1. The summed E-state index contributed by atoms with van der Waals surface area (Å²) >= 11 is 0. The zero-order valence-electron chi connectivity index (χ0n) is 10.5. The highest BCUT2D eigenvalue weighted by molar-refractivity contribution is 6.09. The number of carbonyl (C=O) groups is 2. The second-order valence-corrected chi connectivity index (χ2v) is 4.15. The molecule has 0 fully saturated rings. The van der Waals surface area contributed by atoms with Crippen LogP contribution in [0.15, 0.2) is 54.6 Å². The highest BCUT2D eigenvalue weighted by atomic mass is 16.4. The van der Waals surface area contributed by atoms with Crippen molar-refractivity contribution in [3.63, 3.8) is 0 Å². The van der Waals surface area contributed by atoms with E-state index in [2.05, 4.69) is 0 Å². The van der Waals surface area contributed by atoms with Gasteiger partial charge in [0.2, 0.25) is 0 Å². The quantitative estimate of drug-likeness (QED) is 0.660. The number of hydrogen-bond donors (Lipinski definition) is 2. The second-order valence-electron chi connectivity index (χ2n) is 4.15. The van der Waals surface area contributed by atoms with Gasteiger partial charge in [0.1, 0.15) is 5.75 Å². The summed E-state index contributed by atoms with van der Waals surface area (Å²) in [5, 5.41) is 18.5. The lowest BCUT2D eigenvalue weighted by Crippen LogP contribution is -2.01. The van der Waals surface area contributed by atoms with Crippen molar-refractivity contribution < 1.29 is 19.8 Å². The Morgan fingerprint density at radius 3 is 2.35 bits per heavy atom. The van der Waals surface area contributed by atoms with Crippen LogP contribution < -0.4 is 0 Å². The Balaban J connectivity index is 2.27. The fourth-order valence-electron chi connectivity index (χ4n) is 1.69. The maximum Gasteiger partial charge on any atom is 0.335 e. The maximum atomic E-state index is 12.0. The Hall–Kier alpha value is -2.88. The van der Waals surface area contributed by atoms with E-state index < -0.39 is 11.8 Å². The van der Waals surface area contributed by atoms with Crippen LogP contribution in [0.1, 0.15) is 26.3 Å². The van der Waals surface area contributed by atoms with Gasteiger partial charge in [-0.15, -0.1) is 0 Å². The van der Waals surface area contributed by atoms with Crippen LogP contribution in [0.5, 0.6) is 5.75 Å². The molecule has 0 aliphatic heterocycles. The average Bonchev–Trinajstić information content (AvgIpc) is 2.46. The van der Waals surface area contributed by atoms with Gasteiger partial charge in [0, 0.05) is 0 Å². The molecule has 20 heavy (non-hydrogen) atoms. The molecule has 0 spiro atoms. The summed E-state index contributed by atoms with van der Waals surface area (Å²) in [6.45, 7) is 0. The Labute approximate surface area is 115 Å². The molecule has 4 heteroatoms. The first-order chi connectivity index (χ1) is 9.58. The SMILES string of the molecule is O=C(O)c1ccc(O)c(C(=O)C=Cc2ccccc2)c1. The van der Waals surface area contributed by atoms with Crippen LogP contribution in [-0.2, 0) is 0 Å². The molecule has 0 atom stereocenters.